The Morgan fingerprint density at radius 1 is 0.938 bits per heavy atom. The first-order chi connectivity index (χ1) is 15.1. The number of hydrogen-bond acceptors (Lipinski definition) is 4. The second-order valence-electron chi connectivity index (χ2n) is 7.59. The van der Waals surface area contributed by atoms with Crippen molar-refractivity contribution in [2.75, 3.05) is 13.1 Å². The molecule has 0 aliphatic heterocycles. The molecule has 1 atom stereocenters. The fourth-order valence-electron chi connectivity index (χ4n) is 3.04. The Bertz CT molecular complexity index is 927. The van der Waals surface area contributed by atoms with E-state index >= 15 is 0 Å². The molecule has 1 unspecified atom stereocenters. The highest BCUT2D eigenvalue weighted by atomic mass is 127. The molecule has 3 rings (SSSR count). The van der Waals surface area contributed by atoms with Crippen molar-refractivity contribution in [3.05, 3.63) is 95.4 Å². The van der Waals surface area contributed by atoms with Gasteiger partial charge in [0.1, 0.15) is 11.4 Å². The zero-order valence-corrected chi connectivity index (χ0v) is 20.9. The van der Waals surface area contributed by atoms with Crippen LogP contribution in [0.25, 0.3) is 0 Å². The number of halogens is 1. The van der Waals surface area contributed by atoms with E-state index in [2.05, 4.69) is 52.0 Å². The lowest BCUT2D eigenvalue weighted by molar-refractivity contribution is 0.0386. The van der Waals surface area contributed by atoms with Crippen LogP contribution in [0.1, 0.15) is 36.3 Å². The molecular formula is C25H32IN3O3. The minimum atomic E-state index is -1.12. The van der Waals surface area contributed by atoms with Crippen molar-refractivity contribution in [1.29, 1.82) is 0 Å². The highest BCUT2D eigenvalue weighted by Gasteiger charge is 2.26. The zero-order valence-electron chi connectivity index (χ0n) is 18.6. The topological polar surface area (TPSA) is 79.0 Å². The van der Waals surface area contributed by atoms with Crippen LogP contribution < -0.4 is 10.6 Å². The van der Waals surface area contributed by atoms with Crippen molar-refractivity contribution in [3.8, 4) is 0 Å². The second-order valence-corrected chi connectivity index (χ2v) is 7.59. The monoisotopic (exact) mass is 549 g/mol. The van der Waals surface area contributed by atoms with Crippen LogP contribution in [0.2, 0.25) is 0 Å². The van der Waals surface area contributed by atoms with Gasteiger partial charge in [0, 0.05) is 6.54 Å². The van der Waals surface area contributed by atoms with Gasteiger partial charge in [-0.1, -0.05) is 54.6 Å². The number of ether oxygens (including phenoxy) is 1. The fraction of sp³-hybridized carbons (Fsp3) is 0.320. The van der Waals surface area contributed by atoms with Crippen molar-refractivity contribution in [3.63, 3.8) is 0 Å². The molecule has 0 amide bonds. The van der Waals surface area contributed by atoms with Crippen molar-refractivity contribution >= 4 is 29.9 Å². The highest BCUT2D eigenvalue weighted by molar-refractivity contribution is 14.0. The highest BCUT2D eigenvalue weighted by Crippen LogP contribution is 2.19. The van der Waals surface area contributed by atoms with Crippen LogP contribution in [0.15, 0.2) is 82.4 Å². The molecule has 0 aliphatic carbocycles. The molecule has 2 aromatic carbocycles. The van der Waals surface area contributed by atoms with E-state index in [4.69, 9.17) is 9.15 Å². The van der Waals surface area contributed by atoms with Gasteiger partial charge in [0.05, 0.1) is 32.6 Å². The summed E-state index contributed by atoms with van der Waals surface area (Å²) in [5, 5.41) is 17.0. The molecule has 6 nitrogen and oxygen atoms in total. The summed E-state index contributed by atoms with van der Waals surface area (Å²) in [4.78, 5) is 4.62. The maximum Gasteiger partial charge on any atom is 0.191 e. The standard InChI is InChI=1S/C25H31N3O3.HI/c1-3-26-24(28-19-25(2,29)23-10-7-15-31-23)27-16-20-11-13-22(14-12-20)18-30-17-21-8-5-4-6-9-21;/h4-15,29H,3,16-19H2,1-2H3,(H2,26,27,28);1H. The number of aliphatic imine (C=N–C) groups is 1. The number of aliphatic hydroxyl groups is 1. The van der Waals surface area contributed by atoms with Gasteiger partial charge in [0.2, 0.25) is 0 Å². The molecule has 0 saturated carbocycles. The lowest BCUT2D eigenvalue weighted by atomic mass is 10.0. The summed E-state index contributed by atoms with van der Waals surface area (Å²) in [6.45, 7) is 6.43. The molecule has 7 heteroatoms. The van der Waals surface area contributed by atoms with Crippen LogP contribution in [0, 0.1) is 0 Å². The Morgan fingerprint density at radius 3 is 2.22 bits per heavy atom. The molecule has 1 aromatic heterocycles. The third kappa shape index (κ3) is 8.29. The summed E-state index contributed by atoms with van der Waals surface area (Å²) in [6.07, 6.45) is 1.56. The molecule has 0 bridgehead atoms. The van der Waals surface area contributed by atoms with Gasteiger partial charge in [-0.2, -0.15) is 0 Å². The molecule has 172 valence electrons. The zero-order chi connectivity index (χ0) is 21.9. The first-order valence-corrected chi connectivity index (χ1v) is 10.5. The number of benzene rings is 2. The van der Waals surface area contributed by atoms with Crippen molar-refractivity contribution in [2.24, 2.45) is 4.99 Å². The van der Waals surface area contributed by atoms with Crippen LogP contribution in [0.3, 0.4) is 0 Å². The Balaban J connectivity index is 0.00000363. The summed E-state index contributed by atoms with van der Waals surface area (Å²) in [7, 11) is 0. The molecule has 3 N–H and O–H groups in total. The third-order valence-electron chi connectivity index (χ3n) is 4.82. The number of rotatable bonds is 10. The SMILES string of the molecule is CCNC(=NCc1ccc(COCc2ccccc2)cc1)NCC(C)(O)c1ccco1.I. The van der Waals surface area contributed by atoms with Crippen LogP contribution in [0.4, 0.5) is 0 Å². The van der Waals surface area contributed by atoms with E-state index in [0.29, 0.717) is 31.5 Å². The normalized spacial score (nSPS) is 13.2. The molecular weight excluding hydrogens is 517 g/mol. The molecule has 32 heavy (non-hydrogen) atoms. The number of nitrogens with one attached hydrogen (secondary N) is 2. The third-order valence-corrected chi connectivity index (χ3v) is 4.82. The predicted molar refractivity (Wildman–Crippen MR) is 138 cm³/mol. The van der Waals surface area contributed by atoms with E-state index in [1.807, 2.05) is 25.1 Å². The summed E-state index contributed by atoms with van der Waals surface area (Å²) < 4.78 is 11.1. The Labute approximate surface area is 207 Å². The summed E-state index contributed by atoms with van der Waals surface area (Å²) in [5.74, 6) is 1.16. The van der Waals surface area contributed by atoms with Gasteiger partial charge < -0.3 is 24.9 Å². The van der Waals surface area contributed by atoms with Crippen molar-refractivity contribution in [2.45, 2.75) is 39.2 Å². The van der Waals surface area contributed by atoms with E-state index in [0.717, 1.165) is 17.7 Å². The number of nitrogens with zero attached hydrogens (tertiary/aromatic N) is 1. The van der Waals surface area contributed by atoms with Crippen LogP contribution in [-0.4, -0.2) is 24.2 Å². The van der Waals surface area contributed by atoms with Gasteiger partial charge >= 0.3 is 0 Å². The summed E-state index contributed by atoms with van der Waals surface area (Å²) >= 11 is 0. The largest absolute Gasteiger partial charge is 0.466 e. The Morgan fingerprint density at radius 2 is 1.59 bits per heavy atom. The van der Waals surface area contributed by atoms with Crippen LogP contribution in [0.5, 0.6) is 0 Å². The van der Waals surface area contributed by atoms with Crippen molar-refractivity contribution < 1.29 is 14.3 Å². The number of guanidine groups is 1. The molecule has 0 spiro atoms. The van der Waals surface area contributed by atoms with Gasteiger partial charge in [-0.25, -0.2) is 4.99 Å². The Hall–Kier alpha value is -2.36. The van der Waals surface area contributed by atoms with E-state index in [-0.39, 0.29) is 30.5 Å². The fourth-order valence-corrected chi connectivity index (χ4v) is 3.04. The minimum Gasteiger partial charge on any atom is -0.466 e. The van der Waals surface area contributed by atoms with Crippen molar-refractivity contribution in [1.82, 2.24) is 10.6 Å². The summed E-state index contributed by atoms with van der Waals surface area (Å²) in [5.41, 5.74) is 2.27. The first kappa shape index (κ1) is 25.9. The second kappa shape index (κ2) is 13.2. The van der Waals surface area contributed by atoms with E-state index < -0.39 is 5.60 Å². The van der Waals surface area contributed by atoms with Gasteiger partial charge in [-0.15, -0.1) is 24.0 Å². The molecule has 0 radical (unpaired) electrons. The van der Waals surface area contributed by atoms with Gasteiger partial charge in [0.25, 0.3) is 0 Å². The Kier molecular flexibility index (Phi) is 10.7. The lowest BCUT2D eigenvalue weighted by Gasteiger charge is -2.22. The number of hydrogen-bond donors (Lipinski definition) is 3. The first-order valence-electron chi connectivity index (χ1n) is 10.5. The van der Waals surface area contributed by atoms with Gasteiger partial charge in [-0.3, -0.25) is 0 Å². The number of furan rings is 1. The maximum atomic E-state index is 10.6. The minimum absolute atomic E-state index is 0. The van der Waals surface area contributed by atoms with Gasteiger partial charge in [0.15, 0.2) is 5.96 Å². The average molecular weight is 549 g/mol. The molecule has 0 aliphatic rings. The van der Waals surface area contributed by atoms with E-state index in [1.54, 1.807) is 25.3 Å². The molecule has 0 saturated heterocycles. The maximum absolute atomic E-state index is 10.6. The lowest BCUT2D eigenvalue weighted by Crippen LogP contribution is -2.44. The summed E-state index contributed by atoms with van der Waals surface area (Å²) in [6, 6.07) is 21.9. The van der Waals surface area contributed by atoms with Crippen LogP contribution >= 0.6 is 24.0 Å². The van der Waals surface area contributed by atoms with E-state index in [9.17, 15) is 5.11 Å². The predicted octanol–water partition coefficient (Wildman–Crippen LogP) is 4.58. The molecule has 1 heterocycles. The van der Waals surface area contributed by atoms with E-state index in [1.165, 1.54) is 5.56 Å². The van der Waals surface area contributed by atoms with Crippen LogP contribution in [-0.2, 0) is 30.1 Å². The van der Waals surface area contributed by atoms with Gasteiger partial charge in [-0.05, 0) is 42.7 Å². The molecule has 3 aromatic rings. The average Bonchev–Trinajstić information content (AvgIpc) is 3.34. The smallest absolute Gasteiger partial charge is 0.191 e. The quantitative estimate of drug-likeness (QED) is 0.196. The molecule has 0 fully saturated rings.